The van der Waals surface area contributed by atoms with Gasteiger partial charge < -0.3 is 14.5 Å². The number of rotatable bonds is 7. The van der Waals surface area contributed by atoms with Gasteiger partial charge in [-0.15, -0.1) is 0 Å². The number of fused-ring (bicyclic) bond motifs is 1. The van der Waals surface area contributed by atoms with Crippen LogP contribution in [0.3, 0.4) is 0 Å². The van der Waals surface area contributed by atoms with E-state index in [4.69, 9.17) is 21.3 Å². The van der Waals surface area contributed by atoms with Crippen molar-refractivity contribution in [3.8, 4) is 0 Å². The number of carbonyl (C=O) groups is 2. The van der Waals surface area contributed by atoms with Crippen molar-refractivity contribution in [2.75, 3.05) is 7.05 Å². The molecule has 182 valence electrons. The summed E-state index contributed by atoms with van der Waals surface area (Å²) in [5.74, 6) is -0.466. The third-order valence-electron chi connectivity index (χ3n) is 5.78. The second kappa shape index (κ2) is 10.7. The summed E-state index contributed by atoms with van der Waals surface area (Å²) in [5, 5.41) is 3.17. The van der Waals surface area contributed by atoms with Gasteiger partial charge in [0.1, 0.15) is 0 Å². The fraction of sp³-hybridized carbons (Fsp3) is 0.296. The predicted molar refractivity (Wildman–Crippen MR) is 141 cm³/mol. The maximum absolute atomic E-state index is 13.2. The Bertz CT molecular complexity index is 1220. The summed E-state index contributed by atoms with van der Waals surface area (Å²) in [6.07, 6.45) is -0.113. The first-order valence-corrected chi connectivity index (χ1v) is 12.7. The van der Waals surface area contributed by atoms with E-state index in [-0.39, 0.29) is 18.4 Å². The van der Waals surface area contributed by atoms with Gasteiger partial charge in [0.25, 0.3) is 0 Å². The lowest BCUT2D eigenvalue weighted by Crippen LogP contribution is -2.38. The summed E-state index contributed by atoms with van der Waals surface area (Å²) in [6, 6.07) is 16.8. The molecule has 2 aliphatic rings. The molecule has 0 saturated heterocycles. The number of aliphatic imine (C=N–C) groups is 1. The minimum atomic E-state index is -0.545. The quantitative estimate of drug-likeness (QED) is 0.434. The maximum Gasteiger partial charge on any atom is 0.338 e. The van der Waals surface area contributed by atoms with Crippen LogP contribution in [0, 0.1) is 0 Å². The van der Waals surface area contributed by atoms with Crippen molar-refractivity contribution in [1.82, 2.24) is 9.80 Å². The lowest BCUT2D eigenvalue weighted by atomic mass is 9.93. The van der Waals surface area contributed by atoms with Crippen LogP contribution in [0.15, 0.2) is 82.0 Å². The first-order valence-electron chi connectivity index (χ1n) is 11.4. The summed E-state index contributed by atoms with van der Waals surface area (Å²) >= 11 is 8.06. The number of esters is 1. The number of benzene rings is 2. The standard InChI is InChI=1S/C27H28ClN3O3S/c1-17(2)34-26(33)24-18(3)29-27-31(25(24)21-12-8-9-13-22(21)28)20(16-35-27)14-23(32)30(4)15-19-10-6-5-7-11-19/h5-13,16-17,25H,14-15H2,1-4H3. The molecule has 2 aromatic carbocycles. The molecule has 2 heterocycles. The Balaban J connectivity index is 1.65. The van der Waals surface area contributed by atoms with Gasteiger partial charge in [0.05, 0.1) is 29.8 Å². The lowest BCUT2D eigenvalue weighted by molar-refractivity contribution is -0.143. The fourth-order valence-electron chi connectivity index (χ4n) is 4.13. The molecule has 0 N–H and O–H groups in total. The number of halogens is 1. The Labute approximate surface area is 215 Å². The van der Waals surface area contributed by atoms with Gasteiger partial charge in [-0.25, -0.2) is 9.79 Å². The number of ether oxygens (including phenoxy) is 1. The average Bonchev–Trinajstić information content (AvgIpc) is 3.20. The van der Waals surface area contributed by atoms with Crippen molar-refractivity contribution in [3.05, 3.63) is 93.1 Å². The average molecular weight is 510 g/mol. The Kier molecular flexibility index (Phi) is 7.67. The van der Waals surface area contributed by atoms with Gasteiger partial charge in [0.15, 0.2) is 5.17 Å². The molecule has 2 aromatic rings. The molecule has 0 bridgehead atoms. The van der Waals surface area contributed by atoms with Gasteiger partial charge in [-0.1, -0.05) is 71.9 Å². The molecule has 6 nitrogen and oxygen atoms in total. The van der Waals surface area contributed by atoms with Gasteiger partial charge in [0.2, 0.25) is 5.91 Å². The summed E-state index contributed by atoms with van der Waals surface area (Å²) < 4.78 is 5.58. The normalized spacial score (nSPS) is 17.2. The molecule has 0 aliphatic carbocycles. The van der Waals surface area contributed by atoms with Crippen LogP contribution < -0.4 is 0 Å². The molecule has 2 aliphatic heterocycles. The highest BCUT2D eigenvalue weighted by atomic mass is 35.5. The number of thioether (sulfide) groups is 1. The summed E-state index contributed by atoms with van der Waals surface area (Å²) in [4.78, 5) is 34.8. The molecule has 0 aromatic heterocycles. The third-order valence-corrected chi connectivity index (χ3v) is 7.02. The number of nitrogens with zero attached hydrogens (tertiary/aromatic N) is 3. The van der Waals surface area contributed by atoms with Gasteiger partial charge in [-0.05, 0) is 43.4 Å². The molecule has 0 fully saturated rings. The number of carbonyl (C=O) groups excluding carboxylic acids is 2. The first kappa shape index (κ1) is 25.1. The Morgan fingerprint density at radius 2 is 1.83 bits per heavy atom. The largest absolute Gasteiger partial charge is 0.459 e. The zero-order valence-corrected chi connectivity index (χ0v) is 21.8. The highest BCUT2D eigenvalue weighted by Gasteiger charge is 2.42. The van der Waals surface area contributed by atoms with Gasteiger partial charge in [-0.2, -0.15) is 0 Å². The van der Waals surface area contributed by atoms with E-state index in [1.807, 2.05) is 79.6 Å². The van der Waals surface area contributed by atoms with Gasteiger partial charge >= 0.3 is 5.97 Å². The summed E-state index contributed by atoms with van der Waals surface area (Å²) in [7, 11) is 1.80. The van der Waals surface area contributed by atoms with Crippen LogP contribution >= 0.6 is 23.4 Å². The van der Waals surface area contributed by atoms with Crippen molar-refractivity contribution in [2.24, 2.45) is 4.99 Å². The number of amidine groups is 1. The monoisotopic (exact) mass is 509 g/mol. The highest BCUT2D eigenvalue weighted by molar-refractivity contribution is 8.16. The number of allylic oxidation sites excluding steroid dienone is 1. The fourth-order valence-corrected chi connectivity index (χ4v) is 5.34. The zero-order valence-electron chi connectivity index (χ0n) is 20.2. The van der Waals surface area contributed by atoms with Crippen molar-refractivity contribution in [1.29, 1.82) is 0 Å². The molecule has 1 amide bonds. The third kappa shape index (κ3) is 5.46. The second-order valence-corrected chi connectivity index (χ2v) is 10.0. The topological polar surface area (TPSA) is 62.2 Å². The summed E-state index contributed by atoms with van der Waals surface area (Å²) in [5.41, 5.74) is 3.60. The molecular weight excluding hydrogens is 482 g/mol. The van der Waals surface area contributed by atoms with E-state index in [0.29, 0.717) is 28.0 Å². The minimum absolute atomic E-state index is 0.0301. The highest BCUT2D eigenvalue weighted by Crippen LogP contribution is 2.46. The SMILES string of the molecule is CC1=C(C(=O)OC(C)C)C(c2ccccc2Cl)N2C(CC(=O)N(C)Cc3ccccc3)=CSC2=N1. The molecule has 1 atom stereocenters. The lowest BCUT2D eigenvalue weighted by Gasteiger charge is -2.37. The van der Waals surface area contributed by atoms with E-state index < -0.39 is 12.0 Å². The van der Waals surface area contributed by atoms with Crippen LogP contribution in [0.2, 0.25) is 5.02 Å². The van der Waals surface area contributed by atoms with Crippen LogP contribution in [0.25, 0.3) is 0 Å². The van der Waals surface area contributed by atoms with Crippen LogP contribution in [0.4, 0.5) is 0 Å². The van der Waals surface area contributed by atoms with Crippen LogP contribution in [-0.4, -0.2) is 40.0 Å². The van der Waals surface area contributed by atoms with Crippen molar-refractivity contribution in [3.63, 3.8) is 0 Å². The van der Waals surface area contributed by atoms with E-state index in [9.17, 15) is 9.59 Å². The summed E-state index contributed by atoms with van der Waals surface area (Å²) in [6.45, 7) is 5.95. The van der Waals surface area contributed by atoms with Crippen LogP contribution in [-0.2, 0) is 20.9 Å². The van der Waals surface area contributed by atoms with E-state index in [1.165, 1.54) is 11.8 Å². The van der Waals surface area contributed by atoms with E-state index in [2.05, 4.69) is 0 Å². The Morgan fingerprint density at radius 3 is 2.51 bits per heavy atom. The van der Waals surface area contributed by atoms with Gasteiger partial charge in [-0.3, -0.25) is 4.79 Å². The number of hydrogen-bond acceptors (Lipinski definition) is 6. The van der Waals surface area contributed by atoms with E-state index in [1.54, 1.807) is 18.0 Å². The van der Waals surface area contributed by atoms with E-state index in [0.717, 1.165) is 16.8 Å². The second-order valence-electron chi connectivity index (χ2n) is 8.78. The Morgan fingerprint density at radius 1 is 1.14 bits per heavy atom. The minimum Gasteiger partial charge on any atom is -0.459 e. The van der Waals surface area contributed by atoms with Crippen LogP contribution in [0.1, 0.15) is 44.4 Å². The molecule has 0 spiro atoms. The molecule has 8 heteroatoms. The molecule has 4 rings (SSSR count). The smallest absolute Gasteiger partial charge is 0.338 e. The molecule has 1 unspecified atom stereocenters. The molecule has 35 heavy (non-hydrogen) atoms. The number of hydrogen-bond donors (Lipinski definition) is 0. The van der Waals surface area contributed by atoms with Crippen molar-refractivity contribution >= 4 is 40.4 Å². The predicted octanol–water partition coefficient (Wildman–Crippen LogP) is 5.92. The van der Waals surface area contributed by atoms with E-state index >= 15 is 0 Å². The molecule has 0 saturated carbocycles. The van der Waals surface area contributed by atoms with Crippen molar-refractivity contribution < 1.29 is 14.3 Å². The maximum atomic E-state index is 13.2. The van der Waals surface area contributed by atoms with Gasteiger partial charge in [0, 0.05) is 24.3 Å². The molecule has 0 radical (unpaired) electrons. The Hall–Kier alpha value is -3.03. The molecular formula is C27H28ClN3O3S. The van der Waals surface area contributed by atoms with Crippen LogP contribution in [0.5, 0.6) is 0 Å². The zero-order chi connectivity index (χ0) is 25.1. The van der Waals surface area contributed by atoms with Crippen molar-refractivity contribution in [2.45, 2.75) is 45.9 Å². The number of amides is 1. The first-order chi connectivity index (χ1) is 16.8.